The smallest absolute Gasteiger partial charge is 0.185 e. The zero-order valence-corrected chi connectivity index (χ0v) is 17.0. The lowest BCUT2D eigenvalue weighted by atomic mass is 10.1. The van der Waals surface area contributed by atoms with Crippen molar-refractivity contribution in [3.8, 4) is 23.0 Å². The molecule has 1 saturated carbocycles. The standard InChI is InChI=1S/C25H24O5/c1-29-23-15-17(9-13-21(23)26)5-3-7-19-11-12-20(25(19)28)8-4-6-18-10-14-22(27)24(16-18)30-2/h3-10,13-16,26-27H,11-12H2,1-2H3/b5-3-,6-4+,19-7+,20-8-. The maximum Gasteiger partial charge on any atom is 0.185 e. The van der Waals surface area contributed by atoms with Crippen LogP contribution in [0.2, 0.25) is 0 Å². The van der Waals surface area contributed by atoms with Crippen molar-refractivity contribution in [1.82, 2.24) is 0 Å². The van der Waals surface area contributed by atoms with Gasteiger partial charge in [-0.3, -0.25) is 4.79 Å². The Morgan fingerprint density at radius 2 is 1.20 bits per heavy atom. The lowest BCUT2D eigenvalue weighted by molar-refractivity contribution is -0.111. The van der Waals surface area contributed by atoms with Crippen LogP contribution in [0.1, 0.15) is 24.0 Å². The average molecular weight is 404 g/mol. The average Bonchev–Trinajstić information content (AvgIpc) is 3.10. The van der Waals surface area contributed by atoms with E-state index in [9.17, 15) is 15.0 Å². The van der Waals surface area contributed by atoms with Gasteiger partial charge in [-0.1, -0.05) is 48.6 Å². The van der Waals surface area contributed by atoms with Crippen molar-refractivity contribution >= 4 is 17.9 Å². The molecular formula is C25H24O5. The van der Waals surface area contributed by atoms with Crippen LogP contribution >= 0.6 is 0 Å². The van der Waals surface area contributed by atoms with E-state index in [4.69, 9.17) is 9.47 Å². The molecule has 1 aliphatic rings. The van der Waals surface area contributed by atoms with Crippen LogP contribution < -0.4 is 9.47 Å². The minimum absolute atomic E-state index is 0.0517. The number of benzene rings is 2. The molecule has 2 N–H and O–H groups in total. The Morgan fingerprint density at radius 3 is 1.60 bits per heavy atom. The van der Waals surface area contributed by atoms with Crippen LogP contribution in [0.4, 0.5) is 0 Å². The minimum atomic E-state index is 0.0517. The SMILES string of the molecule is COc1cc(/C=C\C=C2/CC/C(=C/C=C/c3ccc(O)c(OC)c3)C2=O)ccc1O. The molecule has 2 aromatic rings. The van der Waals surface area contributed by atoms with Crippen LogP contribution in [-0.4, -0.2) is 30.2 Å². The molecule has 0 aromatic heterocycles. The molecule has 2 aromatic carbocycles. The molecule has 0 amide bonds. The van der Waals surface area contributed by atoms with E-state index in [1.165, 1.54) is 14.2 Å². The van der Waals surface area contributed by atoms with Crippen LogP contribution in [0, 0.1) is 0 Å². The molecule has 0 unspecified atom stereocenters. The molecular weight excluding hydrogens is 380 g/mol. The van der Waals surface area contributed by atoms with E-state index in [1.807, 2.05) is 36.5 Å². The van der Waals surface area contributed by atoms with Gasteiger partial charge in [0.2, 0.25) is 0 Å². The summed E-state index contributed by atoms with van der Waals surface area (Å²) in [4.78, 5) is 12.6. The van der Waals surface area contributed by atoms with Crippen molar-refractivity contribution in [3.05, 3.63) is 83.0 Å². The molecule has 154 valence electrons. The van der Waals surface area contributed by atoms with Gasteiger partial charge in [-0.2, -0.15) is 0 Å². The highest BCUT2D eigenvalue weighted by atomic mass is 16.5. The van der Waals surface area contributed by atoms with Gasteiger partial charge in [-0.15, -0.1) is 0 Å². The van der Waals surface area contributed by atoms with E-state index in [2.05, 4.69) is 0 Å². The quantitative estimate of drug-likeness (QED) is 0.659. The fraction of sp³-hybridized carbons (Fsp3) is 0.160. The summed E-state index contributed by atoms with van der Waals surface area (Å²) in [5, 5.41) is 19.3. The van der Waals surface area contributed by atoms with Crippen molar-refractivity contribution in [3.63, 3.8) is 0 Å². The maximum atomic E-state index is 12.6. The lowest BCUT2D eigenvalue weighted by Gasteiger charge is -2.03. The van der Waals surface area contributed by atoms with E-state index < -0.39 is 0 Å². The third kappa shape index (κ3) is 5.00. The third-order valence-electron chi connectivity index (χ3n) is 4.83. The first-order valence-electron chi connectivity index (χ1n) is 9.55. The van der Waals surface area contributed by atoms with Gasteiger partial charge >= 0.3 is 0 Å². The zero-order valence-electron chi connectivity index (χ0n) is 17.0. The van der Waals surface area contributed by atoms with E-state index in [1.54, 1.807) is 36.4 Å². The largest absolute Gasteiger partial charge is 0.504 e. The van der Waals surface area contributed by atoms with Crippen molar-refractivity contribution in [2.24, 2.45) is 0 Å². The van der Waals surface area contributed by atoms with Gasteiger partial charge in [0.15, 0.2) is 28.8 Å². The van der Waals surface area contributed by atoms with E-state index in [0.29, 0.717) is 24.3 Å². The van der Waals surface area contributed by atoms with Crippen molar-refractivity contribution in [2.75, 3.05) is 14.2 Å². The maximum absolute atomic E-state index is 12.6. The van der Waals surface area contributed by atoms with E-state index in [0.717, 1.165) is 22.3 Å². The van der Waals surface area contributed by atoms with Crippen LogP contribution in [0.5, 0.6) is 23.0 Å². The fourth-order valence-electron chi connectivity index (χ4n) is 3.17. The fourth-order valence-corrected chi connectivity index (χ4v) is 3.17. The first-order valence-corrected chi connectivity index (χ1v) is 9.55. The normalized spacial score (nSPS) is 16.9. The topological polar surface area (TPSA) is 76.0 Å². The molecule has 5 heteroatoms. The Bertz CT molecular complexity index is 974. The summed E-state index contributed by atoms with van der Waals surface area (Å²) in [6.45, 7) is 0. The number of Topliss-reactive ketones (excluding diaryl/α,β-unsaturated/α-hetero) is 1. The molecule has 30 heavy (non-hydrogen) atoms. The third-order valence-corrected chi connectivity index (χ3v) is 4.83. The molecule has 0 atom stereocenters. The molecule has 0 spiro atoms. The number of hydrogen-bond donors (Lipinski definition) is 2. The summed E-state index contributed by atoms with van der Waals surface area (Å²) >= 11 is 0. The van der Waals surface area contributed by atoms with Crippen LogP contribution in [-0.2, 0) is 4.79 Å². The summed E-state index contributed by atoms with van der Waals surface area (Å²) in [6, 6.07) is 10.2. The van der Waals surface area contributed by atoms with Crippen LogP contribution in [0.3, 0.4) is 0 Å². The van der Waals surface area contributed by atoms with Gasteiger partial charge < -0.3 is 19.7 Å². The highest BCUT2D eigenvalue weighted by molar-refractivity contribution is 6.11. The number of ether oxygens (including phenoxy) is 2. The summed E-state index contributed by atoms with van der Waals surface area (Å²) in [5.41, 5.74) is 3.27. The number of allylic oxidation sites excluding steroid dienone is 6. The number of methoxy groups -OCH3 is 2. The van der Waals surface area contributed by atoms with Gasteiger partial charge in [0, 0.05) is 11.1 Å². The number of carbonyl (C=O) groups excluding carboxylic acids is 1. The second kappa shape index (κ2) is 9.65. The Morgan fingerprint density at radius 1 is 0.767 bits per heavy atom. The molecule has 1 fully saturated rings. The molecule has 1 aliphatic carbocycles. The monoisotopic (exact) mass is 404 g/mol. The number of phenols is 2. The van der Waals surface area contributed by atoms with Gasteiger partial charge in [0.25, 0.3) is 0 Å². The molecule has 0 saturated heterocycles. The Kier molecular flexibility index (Phi) is 6.75. The Labute approximate surface area is 175 Å². The minimum Gasteiger partial charge on any atom is -0.504 e. The van der Waals surface area contributed by atoms with Gasteiger partial charge in [0.05, 0.1) is 14.2 Å². The highest BCUT2D eigenvalue weighted by Gasteiger charge is 2.21. The predicted octanol–water partition coefficient (Wildman–Crippen LogP) is 5.06. The summed E-state index contributed by atoms with van der Waals surface area (Å²) in [5.74, 6) is 1.05. The van der Waals surface area contributed by atoms with Gasteiger partial charge in [-0.05, 0) is 48.2 Å². The molecule has 3 rings (SSSR count). The van der Waals surface area contributed by atoms with Gasteiger partial charge in [-0.25, -0.2) is 0 Å². The van der Waals surface area contributed by atoms with E-state index >= 15 is 0 Å². The van der Waals surface area contributed by atoms with Gasteiger partial charge in [0.1, 0.15) is 0 Å². The molecule has 0 radical (unpaired) electrons. The van der Waals surface area contributed by atoms with E-state index in [-0.39, 0.29) is 17.3 Å². The molecule has 5 nitrogen and oxygen atoms in total. The zero-order chi connectivity index (χ0) is 21.5. The number of phenolic OH excluding ortho intramolecular Hbond substituents is 2. The highest BCUT2D eigenvalue weighted by Crippen LogP contribution is 2.29. The predicted molar refractivity (Wildman–Crippen MR) is 118 cm³/mol. The number of rotatable bonds is 6. The van der Waals surface area contributed by atoms with Crippen molar-refractivity contribution in [1.29, 1.82) is 0 Å². The van der Waals surface area contributed by atoms with Crippen LogP contribution in [0.25, 0.3) is 12.2 Å². The first kappa shape index (κ1) is 21.0. The van der Waals surface area contributed by atoms with Crippen molar-refractivity contribution in [2.45, 2.75) is 12.8 Å². The number of aromatic hydroxyl groups is 2. The second-order valence-corrected chi connectivity index (χ2v) is 6.79. The number of hydrogen-bond acceptors (Lipinski definition) is 5. The number of ketones is 1. The molecule has 0 aliphatic heterocycles. The Balaban J connectivity index is 1.66. The molecule has 0 heterocycles. The summed E-state index contributed by atoms with van der Waals surface area (Å²) in [6.07, 6.45) is 12.5. The number of carbonyl (C=O) groups is 1. The second-order valence-electron chi connectivity index (χ2n) is 6.79. The first-order chi connectivity index (χ1) is 14.5. The lowest BCUT2D eigenvalue weighted by Crippen LogP contribution is -1.94. The Hall–Kier alpha value is -3.73. The summed E-state index contributed by atoms with van der Waals surface area (Å²) < 4.78 is 10.2. The van der Waals surface area contributed by atoms with Crippen molar-refractivity contribution < 1.29 is 24.5 Å². The summed E-state index contributed by atoms with van der Waals surface area (Å²) in [7, 11) is 3.00. The molecule has 0 bridgehead atoms. The van der Waals surface area contributed by atoms with Crippen LogP contribution in [0.15, 0.2) is 71.8 Å².